The molecule has 2 N–H and O–H groups in total. The molecule has 0 aliphatic carbocycles. The molecule has 0 aromatic heterocycles. The van der Waals surface area contributed by atoms with E-state index in [1.54, 1.807) is 12.1 Å². The zero-order chi connectivity index (χ0) is 15.1. The Morgan fingerprint density at radius 1 is 1.38 bits per heavy atom. The molecule has 21 heavy (non-hydrogen) atoms. The monoisotopic (exact) mass is 292 g/mol. The lowest BCUT2D eigenvalue weighted by Crippen LogP contribution is -2.42. The van der Waals surface area contributed by atoms with Crippen LogP contribution in [0.1, 0.15) is 25.7 Å². The molecule has 3 nitrogen and oxygen atoms in total. The molecule has 2 rings (SSSR count). The molecule has 1 aliphatic heterocycles. The Bertz CT molecular complexity index is 444. The number of nitrogens with zero attached hydrogens (tertiary/aromatic N) is 1. The van der Waals surface area contributed by atoms with Gasteiger partial charge < -0.3 is 15.3 Å². The second kappa shape index (κ2) is 8.15. The van der Waals surface area contributed by atoms with Crippen LogP contribution in [0.2, 0.25) is 0 Å². The number of anilines is 1. The molecule has 1 saturated heterocycles. The molecule has 0 amide bonds. The highest BCUT2D eigenvalue weighted by molar-refractivity contribution is 5.45. The molecule has 1 aromatic rings. The molecule has 0 bridgehead atoms. The fourth-order valence-electron chi connectivity index (χ4n) is 2.76. The first-order valence-electron chi connectivity index (χ1n) is 7.71. The summed E-state index contributed by atoms with van der Waals surface area (Å²) >= 11 is 0. The maximum atomic E-state index is 13.6. The van der Waals surface area contributed by atoms with Gasteiger partial charge in [0.1, 0.15) is 5.82 Å². The summed E-state index contributed by atoms with van der Waals surface area (Å²) in [5, 5.41) is 13.2. The first-order chi connectivity index (χ1) is 10.2. The van der Waals surface area contributed by atoms with Gasteiger partial charge in [-0.25, -0.2) is 4.39 Å². The van der Waals surface area contributed by atoms with E-state index in [4.69, 9.17) is 0 Å². The molecule has 1 unspecified atom stereocenters. The summed E-state index contributed by atoms with van der Waals surface area (Å²) in [6, 6.07) is 7.11. The van der Waals surface area contributed by atoms with Gasteiger partial charge in [0.25, 0.3) is 0 Å². The molecular weight excluding hydrogens is 267 g/mol. The van der Waals surface area contributed by atoms with E-state index in [0.717, 1.165) is 45.3 Å². The van der Waals surface area contributed by atoms with Crippen molar-refractivity contribution in [3.05, 3.63) is 42.7 Å². The largest absolute Gasteiger partial charge is 0.392 e. The van der Waals surface area contributed by atoms with Gasteiger partial charge in [0, 0.05) is 25.7 Å². The van der Waals surface area contributed by atoms with Gasteiger partial charge in [0.2, 0.25) is 0 Å². The van der Waals surface area contributed by atoms with Gasteiger partial charge in [-0.2, -0.15) is 0 Å². The second-order valence-electron chi connectivity index (χ2n) is 5.72. The minimum atomic E-state index is -0.279. The van der Waals surface area contributed by atoms with Gasteiger partial charge in [0.15, 0.2) is 0 Å². The number of aliphatic hydroxyl groups is 1. The predicted molar refractivity (Wildman–Crippen MR) is 84.9 cm³/mol. The molecule has 1 aromatic carbocycles. The van der Waals surface area contributed by atoms with Gasteiger partial charge in [-0.3, -0.25) is 0 Å². The van der Waals surface area contributed by atoms with E-state index in [2.05, 4.69) is 16.8 Å². The van der Waals surface area contributed by atoms with Crippen molar-refractivity contribution in [1.29, 1.82) is 0 Å². The lowest BCUT2D eigenvalue weighted by Gasteiger charge is -2.34. The minimum Gasteiger partial charge on any atom is -0.392 e. The number of hydrogen-bond donors (Lipinski definition) is 2. The molecule has 0 spiro atoms. The number of benzene rings is 1. The molecule has 1 fully saturated rings. The highest BCUT2D eigenvalue weighted by atomic mass is 19.1. The number of hydrogen-bond acceptors (Lipinski definition) is 3. The molecule has 1 aliphatic rings. The van der Waals surface area contributed by atoms with Gasteiger partial charge in [-0.1, -0.05) is 18.2 Å². The molecule has 1 heterocycles. The normalized spacial score (nSPS) is 18.4. The van der Waals surface area contributed by atoms with Crippen molar-refractivity contribution in [1.82, 2.24) is 4.90 Å². The maximum absolute atomic E-state index is 13.6. The van der Waals surface area contributed by atoms with Crippen molar-refractivity contribution in [2.45, 2.75) is 37.8 Å². The number of rotatable bonds is 7. The van der Waals surface area contributed by atoms with E-state index in [1.807, 2.05) is 12.1 Å². The van der Waals surface area contributed by atoms with Crippen molar-refractivity contribution in [2.75, 3.05) is 25.0 Å². The van der Waals surface area contributed by atoms with Crippen LogP contribution in [0.25, 0.3) is 0 Å². The zero-order valence-corrected chi connectivity index (χ0v) is 12.5. The topological polar surface area (TPSA) is 35.5 Å². The van der Waals surface area contributed by atoms with Crippen LogP contribution in [0.5, 0.6) is 0 Å². The lowest BCUT2D eigenvalue weighted by atomic mass is 10.0. The van der Waals surface area contributed by atoms with Crippen LogP contribution in [0.4, 0.5) is 10.1 Å². The Morgan fingerprint density at radius 2 is 2.10 bits per heavy atom. The third kappa shape index (κ3) is 5.14. The molecule has 0 saturated carbocycles. The summed E-state index contributed by atoms with van der Waals surface area (Å²) in [6.45, 7) is 6.28. The first kappa shape index (κ1) is 16.0. The third-order valence-corrected chi connectivity index (χ3v) is 3.99. The van der Waals surface area contributed by atoms with E-state index in [0.29, 0.717) is 11.7 Å². The van der Waals surface area contributed by atoms with Crippen LogP contribution in [0, 0.1) is 5.82 Å². The smallest absolute Gasteiger partial charge is 0.146 e. The van der Waals surface area contributed by atoms with Crippen LogP contribution in [0.3, 0.4) is 0 Å². The summed E-state index contributed by atoms with van der Waals surface area (Å²) in [4.78, 5) is 2.29. The predicted octanol–water partition coefficient (Wildman–Crippen LogP) is 3.03. The van der Waals surface area contributed by atoms with Gasteiger partial charge in [0.05, 0.1) is 11.8 Å². The summed E-state index contributed by atoms with van der Waals surface area (Å²) in [7, 11) is 0. The van der Waals surface area contributed by atoms with Crippen molar-refractivity contribution >= 4 is 5.69 Å². The van der Waals surface area contributed by atoms with Crippen LogP contribution in [-0.2, 0) is 0 Å². The summed E-state index contributed by atoms with van der Waals surface area (Å²) in [5.41, 5.74) is 0.585. The van der Waals surface area contributed by atoms with Gasteiger partial charge in [-0.15, -0.1) is 6.58 Å². The van der Waals surface area contributed by atoms with E-state index in [9.17, 15) is 9.50 Å². The number of halogens is 1. The van der Waals surface area contributed by atoms with E-state index >= 15 is 0 Å². The Labute approximate surface area is 126 Å². The van der Waals surface area contributed by atoms with Crippen molar-refractivity contribution in [3.63, 3.8) is 0 Å². The number of aliphatic hydroxyl groups excluding tert-OH is 1. The van der Waals surface area contributed by atoms with E-state index in [-0.39, 0.29) is 11.9 Å². The first-order valence-corrected chi connectivity index (χ1v) is 7.71. The number of piperidine rings is 1. The van der Waals surface area contributed by atoms with Crippen LogP contribution in [0.15, 0.2) is 36.9 Å². The third-order valence-electron chi connectivity index (χ3n) is 3.99. The second-order valence-corrected chi connectivity index (χ2v) is 5.72. The number of allylic oxidation sites excluding steroid dienone is 1. The van der Waals surface area contributed by atoms with Gasteiger partial charge >= 0.3 is 0 Å². The zero-order valence-electron chi connectivity index (χ0n) is 12.5. The Morgan fingerprint density at radius 3 is 2.76 bits per heavy atom. The average molecular weight is 292 g/mol. The fraction of sp³-hybridized carbons (Fsp3) is 0.529. The summed E-state index contributed by atoms with van der Waals surface area (Å²) < 4.78 is 13.6. The minimum absolute atomic E-state index is 0.195. The van der Waals surface area contributed by atoms with E-state index < -0.39 is 0 Å². The van der Waals surface area contributed by atoms with Crippen molar-refractivity contribution in [3.8, 4) is 0 Å². The van der Waals surface area contributed by atoms with Crippen LogP contribution >= 0.6 is 0 Å². The number of β-amino-alcohol motifs (C(OH)–C–C–N with tert-alkyl or cyclic N) is 1. The maximum Gasteiger partial charge on any atom is 0.146 e. The van der Waals surface area contributed by atoms with Crippen molar-refractivity contribution in [2.24, 2.45) is 0 Å². The number of nitrogens with one attached hydrogen (secondary N) is 1. The fourth-order valence-corrected chi connectivity index (χ4v) is 2.76. The molecule has 116 valence electrons. The lowest BCUT2D eigenvalue weighted by molar-refractivity contribution is 0.0934. The van der Waals surface area contributed by atoms with Crippen LogP contribution in [-0.4, -0.2) is 41.8 Å². The molecule has 1 atom stereocenters. The quantitative estimate of drug-likeness (QED) is 0.758. The molecule has 0 radical (unpaired) electrons. The number of likely N-dealkylation sites (tertiary alicyclic amines) is 1. The number of para-hydroxylation sites is 1. The Hall–Kier alpha value is -1.39. The highest BCUT2D eigenvalue weighted by Crippen LogP contribution is 2.19. The highest BCUT2D eigenvalue weighted by Gasteiger charge is 2.21. The SMILES string of the molecule is C=CCCC(O)CN1CCC(Nc2ccccc2F)CC1. The van der Waals surface area contributed by atoms with E-state index in [1.165, 1.54) is 6.07 Å². The summed E-state index contributed by atoms with van der Waals surface area (Å²) in [6.07, 6.45) is 5.14. The van der Waals surface area contributed by atoms with Crippen LogP contribution < -0.4 is 5.32 Å². The Balaban J connectivity index is 1.73. The summed E-state index contributed by atoms with van der Waals surface area (Å²) in [5.74, 6) is -0.195. The van der Waals surface area contributed by atoms with Crippen molar-refractivity contribution < 1.29 is 9.50 Å². The van der Waals surface area contributed by atoms with Gasteiger partial charge in [-0.05, 0) is 37.8 Å². The molecule has 4 heteroatoms. The Kier molecular flexibility index (Phi) is 6.21. The average Bonchev–Trinajstić information content (AvgIpc) is 2.49. The standard InChI is InChI=1S/C17H25FN2O/c1-2-3-6-15(21)13-20-11-9-14(10-12-20)19-17-8-5-4-7-16(17)18/h2,4-5,7-8,14-15,19,21H,1,3,6,9-13H2. The molecular formula is C17H25FN2O.